The fraction of sp³-hybridized carbons (Fsp3) is 0.231. The van der Waals surface area contributed by atoms with Gasteiger partial charge in [0, 0.05) is 17.5 Å². The monoisotopic (exact) mass is 309 g/mol. The van der Waals surface area contributed by atoms with Gasteiger partial charge in [-0.25, -0.2) is 9.97 Å². The highest BCUT2D eigenvalue weighted by Gasteiger charge is 2.12. The summed E-state index contributed by atoms with van der Waals surface area (Å²) in [5.74, 6) is 0.789. The number of halogens is 1. The van der Waals surface area contributed by atoms with Crippen LogP contribution in [0.25, 0.3) is 0 Å². The molecular weight excluding hydrogens is 296 g/mol. The molecule has 0 bridgehead atoms. The lowest BCUT2D eigenvalue weighted by atomic mass is 10.2. The Balaban J connectivity index is 0.00000220. The first-order valence-electron chi connectivity index (χ1n) is 5.91. The van der Waals surface area contributed by atoms with Crippen molar-refractivity contribution in [3.05, 3.63) is 45.8 Å². The van der Waals surface area contributed by atoms with Gasteiger partial charge in [-0.1, -0.05) is 0 Å². The summed E-state index contributed by atoms with van der Waals surface area (Å²) in [7, 11) is 1.45. The summed E-state index contributed by atoms with van der Waals surface area (Å²) >= 11 is 0. The molecule has 2 rings (SSSR count). The van der Waals surface area contributed by atoms with Crippen molar-refractivity contribution < 1.29 is 22.1 Å². The minimum Gasteiger partial charge on any atom is -1.00 e. The second-order valence-electron chi connectivity index (χ2n) is 4.24. The summed E-state index contributed by atoms with van der Waals surface area (Å²) in [6.07, 6.45) is 0. The third-order valence-corrected chi connectivity index (χ3v) is 2.62. The van der Waals surface area contributed by atoms with Crippen LogP contribution in [-0.4, -0.2) is 22.0 Å². The highest BCUT2D eigenvalue weighted by atomic mass is 35.5. The second kappa shape index (κ2) is 6.85. The van der Waals surface area contributed by atoms with Gasteiger partial charge in [-0.15, -0.1) is 0 Å². The smallest absolute Gasteiger partial charge is 0.273 e. The molecule has 0 aliphatic heterocycles. The molecule has 2 aromatic rings. The molecule has 21 heavy (non-hydrogen) atoms. The van der Waals surface area contributed by atoms with Gasteiger partial charge in [-0.05, 0) is 26.0 Å². The van der Waals surface area contributed by atoms with E-state index >= 15 is 0 Å². The number of benzene rings is 1. The summed E-state index contributed by atoms with van der Waals surface area (Å²) in [5, 5.41) is 13.7. The number of aromatic nitrogens is 2. The Kier molecular flexibility index (Phi) is 5.43. The van der Waals surface area contributed by atoms with Crippen molar-refractivity contribution in [2.24, 2.45) is 0 Å². The van der Waals surface area contributed by atoms with Gasteiger partial charge in [-0.3, -0.25) is 10.1 Å². The largest absolute Gasteiger partial charge is 1.00 e. The van der Waals surface area contributed by atoms with E-state index in [4.69, 9.17) is 4.74 Å². The molecule has 8 heteroatoms. The van der Waals surface area contributed by atoms with Gasteiger partial charge < -0.3 is 22.5 Å². The summed E-state index contributed by atoms with van der Waals surface area (Å²) < 4.78 is 5.15. The molecule has 0 unspecified atom stereocenters. The van der Waals surface area contributed by atoms with Crippen LogP contribution in [0.2, 0.25) is 0 Å². The van der Waals surface area contributed by atoms with E-state index in [2.05, 4.69) is 15.3 Å². The SMILES string of the molecule is COc1cc([N+](=O)[O-])ccc1Nc1nc(C)cc(C)n1.[Cl-]. The Morgan fingerprint density at radius 1 is 1.19 bits per heavy atom. The van der Waals surface area contributed by atoms with Gasteiger partial charge in [0.2, 0.25) is 5.95 Å². The lowest BCUT2D eigenvalue weighted by Gasteiger charge is -2.10. The standard InChI is InChI=1S/C13H14N4O3.ClH/c1-8-6-9(2)15-13(14-8)16-11-5-4-10(17(18)19)7-12(11)20-3;/h4-7H,1-3H3,(H,14,15,16);1H/p-1. The zero-order valence-electron chi connectivity index (χ0n) is 11.8. The Bertz CT molecular complexity index is 644. The molecule has 0 radical (unpaired) electrons. The number of non-ortho nitro benzene ring substituents is 1. The maximum atomic E-state index is 10.7. The van der Waals surface area contributed by atoms with Crippen molar-refractivity contribution in [1.29, 1.82) is 0 Å². The maximum absolute atomic E-state index is 10.7. The number of hydrogen-bond donors (Lipinski definition) is 1. The van der Waals surface area contributed by atoms with Gasteiger partial charge in [0.1, 0.15) is 5.75 Å². The van der Waals surface area contributed by atoms with E-state index in [1.54, 1.807) is 6.07 Å². The Morgan fingerprint density at radius 3 is 2.33 bits per heavy atom. The number of nitro benzene ring substituents is 1. The van der Waals surface area contributed by atoms with Crippen LogP contribution in [0.1, 0.15) is 11.4 Å². The lowest BCUT2D eigenvalue weighted by Crippen LogP contribution is -3.00. The van der Waals surface area contributed by atoms with Crippen LogP contribution < -0.4 is 22.5 Å². The first-order valence-corrected chi connectivity index (χ1v) is 5.91. The molecule has 7 nitrogen and oxygen atoms in total. The van der Waals surface area contributed by atoms with Crippen LogP contribution in [0.3, 0.4) is 0 Å². The third kappa shape index (κ3) is 4.03. The maximum Gasteiger partial charge on any atom is 0.273 e. The molecule has 0 spiro atoms. The zero-order valence-corrected chi connectivity index (χ0v) is 12.5. The van der Waals surface area contributed by atoms with E-state index in [1.807, 2.05) is 19.9 Å². The Labute approximate surface area is 127 Å². The number of anilines is 2. The minimum atomic E-state index is -0.473. The van der Waals surface area contributed by atoms with Crippen molar-refractivity contribution in [2.45, 2.75) is 13.8 Å². The highest BCUT2D eigenvalue weighted by Crippen LogP contribution is 2.30. The van der Waals surface area contributed by atoms with E-state index in [0.29, 0.717) is 17.4 Å². The van der Waals surface area contributed by atoms with E-state index in [1.165, 1.54) is 19.2 Å². The normalized spacial score (nSPS) is 9.67. The fourth-order valence-electron chi connectivity index (χ4n) is 1.80. The highest BCUT2D eigenvalue weighted by molar-refractivity contribution is 5.65. The number of nitrogens with zero attached hydrogens (tertiary/aromatic N) is 3. The number of ether oxygens (including phenoxy) is 1. The van der Waals surface area contributed by atoms with Gasteiger partial charge >= 0.3 is 0 Å². The predicted octanol–water partition coefficient (Wildman–Crippen LogP) is -0.242. The second-order valence-corrected chi connectivity index (χ2v) is 4.24. The van der Waals surface area contributed by atoms with E-state index < -0.39 is 4.92 Å². The van der Waals surface area contributed by atoms with Crippen molar-refractivity contribution in [3.8, 4) is 5.75 Å². The molecule has 1 N–H and O–H groups in total. The van der Waals surface area contributed by atoms with Crippen LogP contribution >= 0.6 is 0 Å². The molecule has 0 fully saturated rings. The quantitative estimate of drug-likeness (QED) is 0.619. The predicted molar refractivity (Wildman–Crippen MR) is 74.4 cm³/mol. The number of aryl methyl sites for hydroxylation is 2. The summed E-state index contributed by atoms with van der Waals surface area (Å²) in [4.78, 5) is 18.8. The van der Waals surface area contributed by atoms with Crippen molar-refractivity contribution in [2.75, 3.05) is 12.4 Å². The number of nitro groups is 1. The first kappa shape index (κ1) is 16.6. The van der Waals surface area contributed by atoms with E-state index in [9.17, 15) is 10.1 Å². The number of nitrogens with one attached hydrogen (secondary N) is 1. The van der Waals surface area contributed by atoms with E-state index in [0.717, 1.165) is 11.4 Å². The molecule has 0 saturated carbocycles. The first-order chi connectivity index (χ1) is 9.49. The fourth-order valence-corrected chi connectivity index (χ4v) is 1.80. The average molecular weight is 310 g/mol. The molecule has 0 atom stereocenters. The molecule has 112 valence electrons. The molecule has 1 heterocycles. The van der Waals surface area contributed by atoms with Crippen molar-refractivity contribution >= 4 is 17.3 Å². The lowest BCUT2D eigenvalue weighted by molar-refractivity contribution is -0.384. The average Bonchev–Trinajstić information content (AvgIpc) is 2.37. The Morgan fingerprint density at radius 2 is 1.81 bits per heavy atom. The van der Waals surface area contributed by atoms with Crippen LogP contribution in [0, 0.1) is 24.0 Å². The summed E-state index contributed by atoms with van der Waals surface area (Å²) in [5.41, 5.74) is 2.21. The number of methoxy groups -OCH3 is 1. The zero-order chi connectivity index (χ0) is 14.7. The van der Waals surface area contributed by atoms with Gasteiger partial charge in [-0.2, -0.15) is 0 Å². The van der Waals surface area contributed by atoms with Crippen LogP contribution in [0.4, 0.5) is 17.3 Å². The molecule has 0 saturated heterocycles. The molecule has 0 aliphatic carbocycles. The summed E-state index contributed by atoms with van der Waals surface area (Å²) in [6, 6.07) is 6.18. The van der Waals surface area contributed by atoms with Crippen LogP contribution in [0.5, 0.6) is 5.75 Å². The van der Waals surface area contributed by atoms with Crippen LogP contribution in [0.15, 0.2) is 24.3 Å². The topological polar surface area (TPSA) is 90.2 Å². The Hall–Kier alpha value is -2.41. The van der Waals surface area contributed by atoms with Crippen molar-refractivity contribution in [3.63, 3.8) is 0 Å². The van der Waals surface area contributed by atoms with Crippen molar-refractivity contribution in [1.82, 2.24) is 9.97 Å². The number of hydrogen-bond acceptors (Lipinski definition) is 6. The summed E-state index contributed by atoms with van der Waals surface area (Å²) in [6.45, 7) is 3.74. The van der Waals surface area contributed by atoms with Gasteiger partial charge in [0.15, 0.2) is 0 Å². The molecular formula is C13H14ClN4O3-. The minimum absolute atomic E-state index is 0. The number of rotatable bonds is 4. The molecule has 1 aromatic heterocycles. The third-order valence-electron chi connectivity index (χ3n) is 2.62. The molecule has 0 aliphatic rings. The van der Waals surface area contributed by atoms with E-state index in [-0.39, 0.29) is 18.1 Å². The molecule has 1 aromatic carbocycles. The van der Waals surface area contributed by atoms with Gasteiger partial charge in [0.05, 0.1) is 23.8 Å². The van der Waals surface area contributed by atoms with Gasteiger partial charge in [0.25, 0.3) is 5.69 Å². The molecule has 0 amide bonds. The van der Waals surface area contributed by atoms with Crippen LogP contribution in [-0.2, 0) is 0 Å².